The van der Waals surface area contributed by atoms with E-state index in [0.717, 1.165) is 17.4 Å². The third kappa shape index (κ3) is 3.08. The van der Waals surface area contributed by atoms with Crippen LogP contribution in [0, 0.1) is 6.92 Å². The van der Waals surface area contributed by atoms with Crippen LogP contribution >= 0.6 is 0 Å². The number of aryl methyl sites for hydroxylation is 1. The molecular weight excluding hydrogens is 274 g/mol. The molecule has 0 saturated carbocycles. The number of nitrogens with two attached hydrogens (primary N) is 1. The van der Waals surface area contributed by atoms with E-state index in [2.05, 4.69) is 10.3 Å². The molecule has 1 heterocycles. The molecule has 2 rings (SSSR count). The summed E-state index contributed by atoms with van der Waals surface area (Å²) in [5.41, 5.74) is 8.92. The summed E-state index contributed by atoms with van der Waals surface area (Å²) in [6.45, 7) is 2.53. The average Bonchev–Trinajstić information content (AvgIpc) is 2.38. The first-order chi connectivity index (χ1) is 9.39. The summed E-state index contributed by atoms with van der Waals surface area (Å²) in [5, 5.41) is 3.15. The van der Waals surface area contributed by atoms with Gasteiger partial charge >= 0.3 is 0 Å². The number of benzene rings is 1. The molecule has 0 aliphatic heterocycles. The maximum Gasteiger partial charge on any atom is 0.177 e. The van der Waals surface area contributed by atoms with Crippen molar-refractivity contribution in [2.75, 3.05) is 17.3 Å². The number of nitrogens with one attached hydrogen (secondary N) is 1. The van der Waals surface area contributed by atoms with E-state index in [1.807, 2.05) is 13.0 Å². The van der Waals surface area contributed by atoms with Gasteiger partial charge in [0.25, 0.3) is 0 Å². The third-order valence-corrected chi connectivity index (χ3v) is 4.24. The minimum Gasteiger partial charge on any atom is -0.396 e. The van der Waals surface area contributed by atoms with Crippen molar-refractivity contribution in [1.29, 1.82) is 0 Å². The summed E-state index contributed by atoms with van der Waals surface area (Å²) in [7, 11) is -3.32. The van der Waals surface area contributed by atoms with Crippen molar-refractivity contribution in [3.63, 3.8) is 0 Å². The lowest BCUT2D eigenvalue weighted by atomic mass is 10.1. The van der Waals surface area contributed by atoms with E-state index in [4.69, 9.17) is 5.73 Å². The minimum absolute atomic E-state index is 0.144. The van der Waals surface area contributed by atoms with Crippen molar-refractivity contribution in [2.24, 2.45) is 0 Å². The molecule has 2 aromatic rings. The predicted octanol–water partition coefficient (Wildman–Crippen LogP) is 1.99. The first-order valence-electron chi connectivity index (χ1n) is 6.11. The molecule has 0 fully saturated rings. The molecule has 1 aromatic heterocycles. The lowest BCUT2D eigenvalue weighted by Gasteiger charge is -2.13. The van der Waals surface area contributed by atoms with Crippen molar-refractivity contribution in [3.8, 4) is 0 Å². The number of sulfone groups is 1. The largest absolute Gasteiger partial charge is 0.396 e. The van der Waals surface area contributed by atoms with Gasteiger partial charge in [-0.15, -0.1) is 0 Å². The van der Waals surface area contributed by atoms with Crippen LogP contribution in [0.5, 0.6) is 0 Å². The summed E-state index contributed by atoms with van der Waals surface area (Å²) < 4.78 is 23.2. The molecule has 0 aliphatic rings. The molecule has 0 atom stereocenters. The molecule has 0 radical (unpaired) electrons. The Morgan fingerprint density at radius 1 is 1.30 bits per heavy atom. The average molecular weight is 291 g/mol. The van der Waals surface area contributed by atoms with E-state index >= 15 is 0 Å². The smallest absolute Gasteiger partial charge is 0.177 e. The maximum absolute atomic E-state index is 11.6. The summed E-state index contributed by atoms with van der Waals surface area (Å²) in [4.78, 5) is 4.21. The Labute approximate surface area is 118 Å². The van der Waals surface area contributed by atoms with Crippen LogP contribution in [0.4, 0.5) is 11.4 Å². The van der Waals surface area contributed by atoms with Gasteiger partial charge in [0.1, 0.15) is 0 Å². The Hall–Kier alpha value is -2.08. The Kier molecular flexibility index (Phi) is 3.94. The lowest BCUT2D eigenvalue weighted by molar-refractivity contribution is 0.602. The van der Waals surface area contributed by atoms with Crippen molar-refractivity contribution in [1.82, 2.24) is 4.98 Å². The fourth-order valence-corrected chi connectivity index (χ4v) is 2.73. The lowest BCUT2D eigenvalue weighted by Crippen LogP contribution is -2.08. The molecule has 0 amide bonds. The second kappa shape index (κ2) is 5.50. The van der Waals surface area contributed by atoms with Crippen LogP contribution in [0.25, 0.3) is 0 Å². The molecule has 20 heavy (non-hydrogen) atoms. The van der Waals surface area contributed by atoms with Gasteiger partial charge in [-0.2, -0.15) is 0 Å². The van der Waals surface area contributed by atoms with Crippen molar-refractivity contribution in [2.45, 2.75) is 18.4 Å². The number of pyridine rings is 1. The highest BCUT2D eigenvalue weighted by atomic mass is 32.2. The standard InChI is InChI=1S/C14H17N3O2S/c1-10-6-7-16-8-11(10)9-17-12-4-3-5-13(14(12)15)20(2,18)19/h3-8,17H,9,15H2,1-2H3. The summed E-state index contributed by atoms with van der Waals surface area (Å²) >= 11 is 0. The van der Waals surface area contributed by atoms with Gasteiger partial charge in [-0.05, 0) is 36.2 Å². The zero-order valence-electron chi connectivity index (χ0n) is 11.4. The van der Waals surface area contributed by atoms with Gasteiger partial charge in [0.15, 0.2) is 9.84 Å². The molecule has 1 aromatic carbocycles. The molecule has 106 valence electrons. The molecule has 0 spiro atoms. The normalized spacial score (nSPS) is 11.3. The number of rotatable bonds is 4. The quantitative estimate of drug-likeness (QED) is 0.841. The van der Waals surface area contributed by atoms with Gasteiger partial charge in [-0.3, -0.25) is 4.98 Å². The SMILES string of the molecule is Cc1ccncc1CNc1cccc(S(C)(=O)=O)c1N. The highest BCUT2D eigenvalue weighted by Crippen LogP contribution is 2.27. The number of hydrogen-bond acceptors (Lipinski definition) is 5. The molecule has 0 saturated heterocycles. The van der Waals surface area contributed by atoms with Gasteiger partial charge < -0.3 is 11.1 Å². The summed E-state index contributed by atoms with van der Waals surface area (Å²) in [6, 6.07) is 6.86. The third-order valence-electron chi connectivity index (χ3n) is 3.08. The first kappa shape index (κ1) is 14.3. The van der Waals surface area contributed by atoms with E-state index in [0.29, 0.717) is 12.2 Å². The van der Waals surface area contributed by atoms with Crippen LogP contribution < -0.4 is 11.1 Å². The molecular formula is C14H17N3O2S. The Balaban J connectivity index is 2.25. The van der Waals surface area contributed by atoms with Crippen LogP contribution in [0.3, 0.4) is 0 Å². The van der Waals surface area contributed by atoms with E-state index in [1.165, 1.54) is 6.07 Å². The maximum atomic E-state index is 11.6. The van der Waals surface area contributed by atoms with Crippen LogP contribution in [-0.4, -0.2) is 19.7 Å². The number of nitrogen functional groups attached to an aromatic ring is 1. The van der Waals surface area contributed by atoms with Gasteiger partial charge in [0, 0.05) is 25.2 Å². The van der Waals surface area contributed by atoms with Crippen molar-refractivity contribution in [3.05, 3.63) is 47.8 Å². The minimum atomic E-state index is -3.32. The number of para-hydroxylation sites is 1. The molecule has 0 aliphatic carbocycles. The van der Waals surface area contributed by atoms with Gasteiger partial charge in [-0.25, -0.2) is 8.42 Å². The van der Waals surface area contributed by atoms with Gasteiger partial charge in [0.05, 0.1) is 16.3 Å². The van der Waals surface area contributed by atoms with E-state index in [1.54, 1.807) is 24.5 Å². The van der Waals surface area contributed by atoms with E-state index in [9.17, 15) is 8.42 Å². The zero-order valence-corrected chi connectivity index (χ0v) is 12.2. The monoisotopic (exact) mass is 291 g/mol. The Bertz CT molecular complexity index is 727. The van der Waals surface area contributed by atoms with E-state index in [-0.39, 0.29) is 10.6 Å². The second-order valence-corrected chi connectivity index (χ2v) is 6.63. The van der Waals surface area contributed by atoms with Crippen molar-refractivity contribution < 1.29 is 8.42 Å². The summed E-state index contributed by atoms with van der Waals surface area (Å²) in [6.07, 6.45) is 4.66. The predicted molar refractivity (Wildman–Crippen MR) is 80.3 cm³/mol. The molecule has 0 unspecified atom stereocenters. The molecule has 5 nitrogen and oxygen atoms in total. The molecule has 6 heteroatoms. The molecule has 3 N–H and O–H groups in total. The number of nitrogens with zero attached hydrogens (tertiary/aromatic N) is 1. The fraction of sp³-hybridized carbons (Fsp3) is 0.214. The van der Waals surface area contributed by atoms with Crippen LogP contribution in [0.1, 0.15) is 11.1 Å². The van der Waals surface area contributed by atoms with Crippen LogP contribution in [0.15, 0.2) is 41.6 Å². The first-order valence-corrected chi connectivity index (χ1v) is 8.00. The van der Waals surface area contributed by atoms with Gasteiger partial charge in [0.2, 0.25) is 0 Å². The fourth-order valence-electron chi connectivity index (χ4n) is 1.89. The number of aromatic nitrogens is 1. The number of anilines is 2. The number of hydrogen-bond donors (Lipinski definition) is 2. The topological polar surface area (TPSA) is 85.1 Å². The summed E-state index contributed by atoms with van der Waals surface area (Å²) in [5.74, 6) is 0. The highest BCUT2D eigenvalue weighted by Gasteiger charge is 2.13. The second-order valence-electron chi connectivity index (χ2n) is 4.65. The zero-order chi connectivity index (χ0) is 14.8. The highest BCUT2D eigenvalue weighted by molar-refractivity contribution is 7.90. The van der Waals surface area contributed by atoms with Crippen LogP contribution in [0.2, 0.25) is 0 Å². The Morgan fingerprint density at radius 2 is 2.05 bits per heavy atom. The van der Waals surface area contributed by atoms with Gasteiger partial charge in [-0.1, -0.05) is 6.07 Å². The van der Waals surface area contributed by atoms with E-state index < -0.39 is 9.84 Å². The van der Waals surface area contributed by atoms with Crippen LogP contribution in [-0.2, 0) is 16.4 Å². The molecule has 0 bridgehead atoms. The van der Waals surface area contributed by atoms with Crippen molar-refractivity contribution >= 4 is 21.2 Å². The Morgan fingerprint density at radius 3 is 2.70 bits per heavy atom.